The van der Waals surface area contributed by atoms with Crippen LogP contribution in [0.15, 0.2) is 16.9 Å². The average Bonchev–Trinajstić information content (AvgIpc) is 2.77. The van der Waals surface area contributed by atoms with Crippen molar-refractivity contribution in [3.63, 3.8) is 0 Å². The minimum atomic E-state index is 0.717. The monoisotopic (exact) mass is 231 g/mol. The normalized spacial score (nSPS) is 16.9. The van der Waals surface area contributed by atoms with Crippen LogP contribution in [0.2, 0.25) is 5.02 Å². The molecule has 2 rings (SSSR count). The van der Waals surface area contributed by atoms with Crippen LogP contribution in [0.3, 0.4) is 0 Å². The van der Waals surface area contributed by atoms with Crippen LogP contribution in [0.1, 0.15) is 24.3 Å². The molecular weight excluding hydrogens is 225 g/mol. The van der Waals surface area contributed by atoms with Gasteiger partial charge in [0.2, 0.25) is 0 Å². The largest absolute Gasteiger partial charge is 0.247 e. The lowest BCUT2D eigenvalue weighted by molar-refractivity contribution is 1.08. The number of pyridine rings is 1. The molecule has 0 aliphatic heterocycles. The van der Waals surface area contributed by atoms with E-state index in [0.29, 0.717) is 0 Å². The number of hydrogen-bond acceptors (Lipinski definition) is 1. The maximum Gasteiger partial charge on any atom is 0.124 e. The van der Waals surface area contributed by atoms with E-state index >= 15 is 0 Å². The van der Waals surface area contributed by atoms with Gasteiger partial charge in [-0.3, -0.25) is 0 Å². The maximum absolute atomic E-state index is 5.88. The molecule has 1 aromatic heterocycles. The van der Waals surface area contributed by atoms with Crippen molar-refractivity contribution in [2.75, 3.05) is 0 Å². The highest BCUT2D eigenvalue weighted by Crippen LogP contribution is 2.40. The van der Waals surface area contributed by atoms with Crippen molar-refractivity contribution < 1.29 is 0 Å². The van der Waals surface area contributed by atoms with Crippen LogP contribution in [0.25, 0.3) is 0 Å². The summed E-state index contributed by atoms with van der Waals surface area (Å²) in [6, 6.07) is 2.00. The number of nitrogens with zero attached hydrogens (tertiary/aromatic N) is 1. The van der Waals surface area contributed by atoms with Crippen LogP contribution in [0.5, 0.6) is 0 Å². The first-order chi connectivity index (χ1) is 5.27. The van der Waals surface area contributed by atoms with Crippen LogP contribution in [0.4, 0.5) is 0 Å². The fourth-order valence-electron chi connectivity index (χ4n) is 1.08. The van der Waals surface area contributed by atoms with Crippen LogP contribution in [-0.4, -0.2) is 4.98 Å². The van der Waals surface area contributed by atoms with Gasteiger partial charge in [0.1, 0.15) is 4.60 Å². The molecule has 0 atom stereocenters. The minimum absolute atomic E-state index is 0.717. The van der Waals surface area contributed by atoms with Crippen LogP contribution in [-0.2, 0) is 0 Å². The summed E-state index contributed by atoms with van der Waals surface area (Å²) in [6.07, 6.45) is 4.48. The molecule has 0 radical (unpaired) electrons. The predicted octanol–water partition coefficient (Wildman–Crippen LogP) is 3.37. The summed E-state index contributed by atoms with van der Waals surface area (Å²) < 4.78 is 0.739. The Morgan fingerprint density at radius 3 is 2.82 bits per heavy atom. The van der Waals surface area contributed by atoms with Crippen LogP contribution in [0, 0.1) is 0 Å². The summed E-state index contributed by atoms with van der Waals surface area (Å²) >= 11 is 9.13. The molecule has 11 heavy (non-hydrogen) atoms. The first-order valence-corrected chi connectivity index (χ1v) is 4.75. The van der Waals surface area contributed by atoms with Crippen LogP contribution < -0.4 is 0 Å². The molecule has 0 aromatic carbocycles. The molecule has 0 saturated heterocycles. The van der Waals surface area contributed by atoms with E-state index in [-0.39, 0.29) is 0 Å². The Kier molecular flexibility index (Phi) is 1.90. The molecule has 0 amide bonds. The molecule has 1 aromatic rings. The highest BCUT2D eigenvalue weighted by atomic mass is 79.9. The Morgan fingerprint density at radius 2 is 2.27 bits per heavy atom. The van der Waals surface area contributed by atoms with Gasteiger partial charge in [0, 0.05) is 6.20 Å². The fraction of sp³-hybridized carbons (Fsp3) is 0.375. The lowest BCUT2D eigenvalue weighted by Gasteiger charge is -1.98. The van der Waals surface area contributed by atoms with Crippen molar-refractivity contribution in [1.82, 2.24) is 4.98 Å². The van der Waals surface area contributed by atoms with E-state index in [4.69, 9.17) is 11.6 Å². The van der Waals surface area contributed by atoms with E-state index in [1.807, 2.05) is 12.3 Å². The number of halogens is 2. The third-order valence-electron chi connectivity index (χ3n) is 1.87. The zero-order valence-corrected chi connectivity index (χ0v) is 8.19. The molecule has 1 aliphatic carbocycles. The number of aromatic nitrogens is 1. The summed E-state index contributed by atoms with van der Waals surface area (Å²) in [7, 11) is 0. The topological polar surface area (TPSA) is 12.9 Å². The molecule has 0 N–H and O–H groups in total. The van der Waals surface area contributed by atoms with Gasteiger partial charge in [-0.15, -0.1) is 0 Å². The van der Waals surface area contributed by atoms with E-state index in [1.165, 1.54) is 18.4 Å². The Labute approximate surface area is 78.9 Å². The molecule has 1 saturated carbocycles. The molecule has 0 bridgehead atoms. The van der Waals surface area contributed by atoms with Gasteiger partial charge >= 0.3 is 0 Å². The Bertz CT molecular complexity index is 283. The predicted molar refractivity (Wildman–Crippen MR) is 48.9 cm³/mol. The summed E-state index contributed by atoms with van der Waals surface area (Å²) in [5.41, 5.74) is 1.28. The Morgan fingerprint density at radius 1 is 1.55 bits per heavy atom. The Balaban J connectivity index is 2.36. The fourth-order valence-corrected chi connectivity index (χ4v) is 1.47. The molecule has 1 heterocycles. The first-order valence-electron chi connectivity index (χ1n) is 3.58. The van der Waals surface area contributed by atoms with E-state index in [9.17, 15) is 0 Å². The molecule has 0 unspecified atom stereocenters. The molecular formula is C8H7BrClN. The van der Waals surface area contributed by atoms with E-state index in [1.54, 1.807) is 0 Å². The molecule has 0 spiro atoms. The van der Waals surface area contributed by atoms with E-state index in [0.717, 1.165) is 15.5 Å². The van der Waals surface area contributed by atoms with Gasteiger partial charge in [0.05, 0.1) is 5.02 Å². The summed E-state index contributed by atoms with van der Waals surface area (Å²) in [6.45, 7) is 0. The van der Waals surface area contributed by atoms with Gasteiger partial charge in [-0.25, -0.2) is 4.98 Å². The van der Waals surface area contributed by atoms with Gasteiger partial charge < -0.3 is 0 Å². The highest BCUT2D eigenvalue weighted by Gasteiger charge is 2.24. The number of rotatable bonds is 1. The van der Waals surface area contributed by atoms with Gasteiger partial charge in [0.15, 0.2) is 0 Å². The second-order valence-electron chi connectivity index (χ2n) is 2.82. The summed E-state index contributed by atoms with van der Waals surface area (Å²) in [4.78, 5) is 4.12. The van der Waals surface area contributed by atoms with E-state index < -0.39 is 0 Å². The van der Waals surface area contributed by atoms with Crippen molar-refractivity contribution in [2.45, 2.75) is 18.8 Å². The van der Waals surface area contributed by atoms with Crippen molar-refractivity contribution in [3.8, 4) is 0 Å². The Hall–Kier alpha value is -0.0800. The summed E-state index contributed by atoms with van der Waals surface area (Å²) in [5, 5.41) is 0.717. The van der Waals surface area contributed by atoms with Crippen molar-refractivity contribution in [1.29, 1.82) is 0 Å². The van der Waals surface area contributed by atoms with E-state index in [2.05, 4.69) is 20.9 Å². The average molecular weight is 233 g/mol. The molecule has 58 valence electrons. The molecule has 3 heteroatoms. The SMILES string of the molecule is Clc1cc(C2CC2)cnc1Br. The quantitative estimate of drug-likeness (QED) is 0.677. The lowest BCUT2D eigenvalue weighted by Crippen LogP contribution is -1.83. The van der Waals surface area contributed by atoms with Crippen molar-refractivity contribution >= 4 is 27.5 Å². The molecule has 1 aliphatic rings. The zero-order valence-electron chi connectivity index (χ0n) is 5.85. The maximum atomic E-state index is 5.88. The second-order valence-corrected chi connectivity index (χ2v) is 3.97. The standard InChI is InChI=1S/C8H7BrClN/c9-8-7(10)3-6(4-11-8)5-1-2-5/h3-5H,1-2H2. The molecule has 1 fully saturated rings. The van der Waals surface area contributed by atoms with Gasteiger partial charge in [-0.2, -0.15) is 0 Å². The third kappa shape index (κ3) is 1.57. The minimum Gasteiger partial charge on any atom is -0.247 e. The molecule has 1 nitrogen and oxygen atoms in total. The zero-order chi connectivity index (χ0) is 7.84. The first kappa shape index (κ1) is 7.56. The number of hydrogen-bond donors (Lipinski definition) is 0. The van der Waals surface area contributed by atoms with Gasteiger partial charge in [-0.05, 0) is 46.3 Å². The van der Waals surface area contributed by atoms with Crippen LogP contribution >= 0.6 is 27.5 Å². The second kappa shape index (κ2) is 2.76. The highest BCUT2D eigenvalue weighted by molar-refractivity contribution is 9.10. The van der Waals surface area contributed by atoms with Crippen molar-refractivity contribution in [2.24, 2.45) is 0 Å². The van der Waals surface area contributed by atoms with Gasteiger partial charge in [0.25, 0.3) is 0 Å². The smallest absolute Gasteiger partial charge is 0.124 e. The van der Waals surface area contributed by atoms with Crippen molar-refractivity contribution in [3.05, 3.63) is 27.5 Å². The third-order valence-corrected chi connectivity index (χ3v) is 3.01. The summed E-state index contributed by atoms with van der Waals surface area (Å²) in [5.74, 6) is 0.730. The van der Waals surface area contributed by atoms with Gasteiger partial charge in [-0.1, -0.05) is 11.6 Å². The lowest BCUT2D eigenvalue weighted by atomic mass is 10.2.